The number of pyridine rings is 1. The summed E-state index contributed by atoms with van der Waals surface area (Å²) in [4.78, 5) is 6.82. The maximum Gasteiger partial charge on any atom is 0.0713 e. The normalized spacial score (nSPS) is 24.8. The van der Waals surface area contributed by atoms with Crippen LogP contribution in [0.25, 0.3) is 0 Å². The van der Waals surface area contributed by atoms with E-state index in [1.807, 2.05) is 18.5 Å². The molecule has 0 unspecified atom stereocenters. The number of ether oxygens (including phenoxy) is 1. The first-order chi connectivity index (χ1) is 10.8. The number of thiophene rings is 1. The van der Waals surface area contributed by atoms with Crippen LogP contribution in [0.5, 0.6) is 0 Å². The molecule has 2 fully saturated rings. The van der Waals surface area contributed by atoms with Gasteiger partial charge in [0.1, 0.15) is 0 Å². The zero-order valence-electron chi connectivity index (χ0n) is 12.8. The van der Waals surface area contributed by atoms with Crippen molar-refractivity contribution in [1.29, 1.82) is 0 Å². The number of hydrogen-bond donors (Lipinski definition) is 0. The van der Waals surface area contributed by atoms with Gasteiger partial charge in [0.2, 0.25) is 0 Å². The zero-order chi connectivity index (χ0) is 14.8. The van der Waals surface area contributed by atoms with Crippen LogP contribution < -0.4 is 0 Å². The summed E-state index contributed by atoms with van der Waals surface area (Å²) in [6, 6.07) is 6.45. The molecule has 3 nitrogen and oxygen atoms in total. The van der Waals surface area contributed by atoms with Crippen LogP contribution in [0.2, 0.25) is 0 Å². The van der Waals surface area contributed by atoms with Gasteiger partial charge in [0.05, 0.1) is 12.2 Å². The Morgan fingerprint density at radius 1 is 1.32 bits per heavy atom. The fourth-order valence-corrected chi connectivity index (χ4v) is 4.44. The maximum atomic E-state index is 6.28. The molecule has 0 bridgehead atoms. The number of hydrogen-bond acceptors (Lipinski definition) is 4. The first-order valence-corrected chi connectivity index (χ1v) is 9.05. The highest BCUT2D eigenvalue weighted by atomic mass is 32.1. The van der Waals surface area contributed by atoms with Crippen molar-refractivity contribution in [3.05, 3.63) is 52.5 Å². The van der Waals surface area contributed by atoms with E-state index in [0.29, 0.717) is 5.92 Å². The largest absolute Gasteiger partial charge is 0.374 e. The van der Waals surface area contributed by atoms with Gasteiger partial charge in [-0.2, -0.15) is 11.3 Å². The minimum absolute atomic E-state index is 0.117. The van der Waals surface area contributed by atoms with Gasteiger partial charge in [0.25, 0.3) is 0 Å². The summed E-state index contributed by atoms with van der Waals surface area (Å²) in [5.74, 6) is 0.525. The van der Waals surface area contributed by atoms with Crippen molar-refractivity contribution < 1.29 is 4.74 Å². The second-order valence-corrected chi connectivity index (χ2v) is 7.37. The first kappa shape index (κ1) is 14.4. The Morgan fingerprint density at radius 2 is 2.23 bits per heavy atom. The Morgan fingerprint density at radius 3 is 2.95 bits per heavy atom. The van der Waals surface area contributed by atoms with Crippen molar-refractivity contribution in [2.45, 2.75) is 37.3 Å². The standard InChI is InChI=1S/C18H22N2OS/c1-2-16(11-19-6-1)17-10-18(21-13-17)4-7-20(8-5-18)12-15-3-9-22-14-15/h1-3,6,9,11,14,17H,4-5,7-8,10,12-13H2/t17-/m1/s1. The highest BCUT2D eigenvalue weighted by Crippen LogP contribution is 2.42. The van der Waals surface area contributed by atoms with E-state index < -0.39 is 0 Å². The summed E-state index contributed by atoms with van der Waals surface area (Å²) in [6.45, 7) is 4.24. The molecule has 0 aromatic carbocycles. The van der Waals surface area contributed by atoms with Crippen LogP contribution in [0.1, 0.15) is 36.3 Å². The van der Waals surface area contributed by atoms with Gasteiger partial charge < -0.3 is 4.74 Å². The van der Waals surface area contributed by atoms with Crippen LogP contribution >= 0.6 is 11.3 Å². The molecule has 116 valence electrons. The summed E-state index contributed by atoms with van der Waals surface area (Å²) >= 11 is 1.79. The lowest BCUT2D eigenvalue weighted by Gasteiger charge is -2.38. The fraction of sp³-hybridized carbons (Fsp3) is 0.500. The Balaban J connectivity index is 1.35. The van der Waals surface area contributed by atoms with Crippen LogP contribution in [0, 0.1) is 0 Å². The molecule has 2 aliphatic heterocycles. The van der Waals surface area contributed by atoms with E-state index in [0.717, 1.165) is 45.5 Å². The van der Waals surface area contributed by atoms with E-state index in [1.165, 1.54) is 11.1 Å². The number of rotatable bonds is 3. The van der Waals surface area contributed by atoms with Crippen LogP contribution in [-0.2, 0) is 11.3 Å². The summed E-state index contributed by atoms with van der Waals surface area (Å²) in [5.41, 5.74) is 2.90. The lowest BCUT2D eigenvalue weighted by Crippen LogP contribution is -2.43. The average molecular weight is 314 g/mol. The van der Waals surface area contributed by atoms with Crippen LogP contribution in [-0.4, -0.2) is 35.2 Å². The monoisotopic (exact) mass is 314 g/mol. The molecule has 2 aromatic rings. The van der Waals surface area contributed by atoms with Crippen molar-refractivity contribution in [3.8, 4) is 0 Å². The molecule has 0 N–H and O–H groups in total. The van der Waals surface area contributed by atoms with Crippen molar-refractivity contribution in [1.82, 2.24) is 9.88 Å². The topological polar surface area (TPSA) is 25.4 Å². The Hall–Kier alpha value is -1.23. The molecule has 2 aliphatic rings. The van der Waals surface area contributed by atoms with Gasteiger partial charge in [0, 0.05) is 37.9 Å². The molecular formula is C18H22N2OS. The summed E-state index contributed by atoms with van der Waals surface area (Å²) in [5, 5.41) is 4.42. The predicted molar refractivity (Wildman–Crippen MR) is 89.1 cm³/mol. The quantitative estimate of drug-likeness (QED) is 0.864. The molecule has 0 amide bonds. The fourth-order valence-electron chi connectivity index (χ4n) is 3.78. The molecule has 0 aliphatic carbocycles. The van der Waals surface area contributed by atoms with Crippen LogP contribution in [0.15, 0.2) is 41.4 Å². The highest BCUT2D eigenvalue weighted by molar-refractivity contribution is 7.07. The van der Waals surface area contributed by atoms with Crippen LogP contribution in [0.3, 0.4) is 0 Å². The van der Waals surface area contributed by atoms with Gasteiger partial charge >= 0.3 is 0 Å². The molecule has 0 saturated carbocycles. The average Bonchev–Trinajstić information content (AvgIpc) is 3.21. The van der Waals surface area contributed by atoms with E-state index in [9.17, 15) is 0 Å². The number of likely N-dealkylation sites (tertiary alicyclic amines) is 1. The van der Waals surface area contributed by atoms with Gasteiger partial charge in [-0.25, -0.2) is 0 Å². The van der Waals surface area contributed by atoms with Crippen molar-refractivity contribution >= 4 is 11.3 Å². The first-order valence-electron chi connectivity index (χ1n) is 8.10. The third-order valence-electron chi connectivity index (χ3n) is 5.12. The van der Waals surface area contributed by atoms with Gasteiger partial charge in [0.15, 0.2) is 0 Å². The van der Waals surface area contributed by atoms with Crippen LogP contribution in [0.4, 0.5) is 0 Å². The highest BCUT2D eigenvalue weighted by Gasteiger charge is 2.42. The Bertz CT molecular complexity index is 591. The number of piperidine rings is 1. The molecule has 0 radical (unpaired) electrons. The summed E-state index contributed by atoms with van der Waals surface area (Å²) in [6.07, 6.45) is 7.32. The van der Waals surface area contributed by atoms with E-state index >= 15 is 0 Å². The Kier molecular flexibility index (Phi) is 3.99. The van der Waals surface area contributed by atoms with Gasteiger partial charge in [-0.1, -0.05) is 6.07 Å². The van der Waals surface area contributed by atoms with Crippen molar-refractivity contribution in [2.24, 2.45) is 0 Å². The maximum absolute atomic E-state index is 6.28. The second kappa shape index (κ2) is 6.11. The van der Waals surface area contributed by atoms with Gasteiger partial charge in [-0.05, 0) is 53.3 Å². The van der Waals surface area contributed by atoms with E-state index in [-0.39, 0.29) is 5.60 Å². The zero-order valence-corrected chi connectivity index (χ0v) is 13.6. The SMILES string of the molecule is c1cncc([C@H]2COC3(CCN(Cc4ccsc4)CC3)C2)c1. The Labute approximate surface area is 135 Å². The van der Waals surface area contributed by atoms with Crippen molar-refractivity contribution in [2.75, 3.05) is 19.7 Å². The van der Waals surface area contributed by atoms with Gasteiger partial charge in [-0.3, -0.25) is 9.88 Å². The lowest BCUT2D eigenvalue weighted by molar-refractivity contribution is -0.0448. The van der Waals surface area contributed by atoms with E-state index in [1.54, 1.807) is 11.3 Å². The number of aromatic nitrogens is 1. The molecule has 2 saturated heterocycles. The molecule has 1 atom stereocenters. The minimum Gasteiger partial charge on any atom is -0.374 e. The third kappa shape index (κ3) is 2.96. The lowest BCUT2D eigenvalue weighted by atomic mass is 9.83. The smallest absolute Gasteiger partial charge is 0.0713 e. The summed E-state index contributed by atoms with van der Waals surface area (Å²) < 4.78 is 6.28. The number of nitrogens with zero attached hydrogens (tertiary/aromatic N) is 2. The molecule has 1 spiro atoms. The summed E-state index contributed by atoms with van der Waals surface area (Å²) in [7, 11) is 0. The second-order valence-electron chi connectivity index (χ2n) is 6.59. The van der Waals surface area contributed by atoms with Gasteiger partial charge in [-0.15, -0.1) is 0 Å². The van der Waals surface area contributed by atoms with E-state index in [4.69, 9.17) is 4.74 Å². The predicted octanol–water partition coefficient (Wildman–Crippen LogP) is 3.68. The molecule has 4 heteroatoms. The molecular weight excluding hydrogens is 292 g/mol. The van der Waals surface area contributed by atoms with Crippen molar-refractivity contribution in [3.63, 3.8) is 0 Å². The molecule has 22 heavy (non-hydrogen) atoms. The molecule has 4 rings (SSSR count). The molecule has 2 aromatic heterocycles. The third-order valence-corrected chi connectivity index (χ3v) is 5.85. The minimum atomic E-state index is 0.117. The molecule has 4 heterocycles. The van der Waals surface area contributed by atoms with E-state index in [2.05, 4.69) is 32.8 Å².